The van der Waals surface area contributed by atoms with Crippen LogP contribution >= 0.6 is 0 Å². The first-order valence-electron chi connectivity index (χ1n) is 10.8. The topological polar surface area (TPSA) is 81.2 Å². The van der Waals surface area contributed by atoms with Crippen molar-refractivity contribution in [2.24, 2.45) is 0 Å². The Labute approximate surface area is 201 Å². The van der Waals surface area contributed by atoms with Crippen LogP contribution in [0.1, 0.15) is 25.0 Å². The Morgan fingerprint density at radius 1 is 0.765 bits per heavy atom. The van der Waals surface area contributed by atoms with Crippen LogP contribution in [0.5, 0.6) is 0 Å². The summed E-state index contributed by atoms with van der Waals surface area (Å²) >= 11 is 0. The van der Waals surface area contributed by atoms with Crippen molar-refractivity contribution in [1.82, 2.24) is 4.98 Å². The fourth-order valence-electron chi connectivity index (χ4n) is 4.09. The molecule has 0 aliphatic rings. The molecule has 0 fully saturated rings. The van der Waals surface area contributed by atoms with Crippen LogP contribution in [0, 0.1) is 0 Å². The number of rotatable bonds is 6. The fraction of sp³-hybridized carbons (Fsp3) is 0.222. The third-order valence-electron chi connectivity index (χ3n) is 6.22. The maximum absolute atomic E-state index is 12.7. The number of aromatic nitrogens is 1. The average molecular weight is 494 g/mol. The highest BCUT2D eigenvalue weighted by molar-refractivity contribution is 7.91. The maximum atomic E-state index is 12.7. The van der Waals surface area contributed by atoms with Gasteiger partial charge in [-0.3, -0.25) is 4.98 Å². The van der Waals surface area contributed by atoms with Gasteiger partial charge in [0.2, 0.25) is 0 Å². The molecule has 0 amide bonds. The van der Waals surface area contributed by atoms with Gasteiger partial charge in [0.1, 0.15) is 0 Å². The summed E-state index contributed by atoms with van der Waals surface area (Å²) in [6.07, 6.45) is 4.14. The lowest BCUT2D eigenvalue weighted by molar-refractivity contribution is 0.562. The first kappa shape index (κ1) is 24.1. The van der Waals surface area contributed by atoms with Crippen molar-refractivity contribution in [2.75, 3.05) is 12.5 Å². The van der Waals surface area contributed by atoms with Crippen LogP contribution in [0.15, 0.2) is 79.0 Å². The molecule has 0 N–H and O–H groups in total. The molecule has 7 heteroatoms. The highest BCUT2D eigenvalue weighted by Crippen LogP contribution is 2.38. The molecule has 0 unspecified atom stereocenters. The number of hydrogen-bond donors (Lipinski definition) is 0. The van der Waals surface area contributed by atoms with Crippen molar-refractivity contribution in [3.05, 3.63) is 90.1 Å². The van der Waals surface area contributed by atoms with E-state index in [1.54, 1.807) is 20.0 Å². The molecule has 0 saturated heterocycles. The molecule has 176 valence electrons. The SMILES string of the molecule is CC(C)(c1cc(-c2cccc(-c3ccccc3CS(C)(=O)=O)c2)cc2cccnc12)S(C)(=O)=O. The van der Waals surface area contributed by atoms with Crippen LogP contribution < -0.4 is 0 Å². The van der Waals surface area contributed by atoms with E-state index in [0.717, 1.165) is 33.2 Å². The van der Waals surface area contributed by atoms with E-state index in [1.165, 1.54) is 12.5 Å². The Balaban J connectivity index is 1.91. The van der Waals surface area contributed by atoms with Crippen molar-refractivity contribution in [2.45, 2.75) is 24.3 Å². The summed E-state index contributed by atoms with van der Waals surface area (Å²) in [5.41, 5.74) is 5.57. The second kappa shape index (κ2) is 8.64. The second-order valence-corrected chi connectivity index (χ2v) is 13.9. The van der Waals surface area contributed by atoms with Crippen molar-refractivity contribution < 1.29 is 16.8 Å². The molecule has 0 bridgehead atoms. The summed E-state index contributed by atoms with van der Waals surface area (Å²) in [5, 5.41) is 0.856. The standard InChI is InChI=1S/C27H27NO4S2/c1-27(2,34(4,31)32)25-17-23(16-21-12-8-14-28-26(21)25)19-10-7-11-20(15-19)24-13-6-5-9-22(24)18-33(3,29)30/h5-17H,18H2,1-4H3. The van der Waals surface area contributed by atoms with Gasteiger partial charge in [-0.15, -0.1) is 0 Å². The number of hydrogen-bond acceptors (Lipinski definition) is 5. The van der Waals surface area contributed by atoms with Gasteiger partial charge < -0.3 is 0 Å². The monoisotopic (exact) mass is 493 g/mol. The number of sulfone groups is 2. The average Bonchev–Trinajstić information content (AvgIpc) is 2.77. The predicted molar refractivity (Wildman–Crippen MR) is 139 cm³/mol. The van der Waals surface area contributed by atoms with Crippen molar-refractivity contribution >= 4 is 30.6 Å². The molecule has 0 aliphatic heterocycles. The lowest BCUT2D eigenvalue weighted by Gasteiger charge is -2.25. The molecule has 4 rings (SSSR count). The molecule has 0 saturated carbocycles. The number of benzene rings is 3. The lowest BCUT2D eigenvalue weighted by Crippen LogP contribution is -2.28. The van der Waals surface area contributed by atoms with Crippen LogP contribution in [0.25, 0.3) is 33.2 Å². The first-order chi connectivity index (χ1) is 15.9. The van der Waals surface area contributed by atoms with Gasteiger partial charge in [-0.1, -0.05) is 48.5 Å². The van der Waals surface area contributed by atoms with Crippen LogP contribution in [0.4, 0.5) is 0 Å². The van der Waals surface area contributed by atoms with Gasteiger partial charge >= 0.3 is 0 Å². The third-order valence-corrected chi connectivity index (χ3v) is 9.13. The summed E-state index contributed by atoms with van der Waals surface area (Å²) < 4.78 is 48.1. The molecule has 4 aromatic rings. The Kier molecular flexibility index (Phi) is 6.12. The van der Waals surface area contributed by atoms with E-state index < -0.39 is 24.4 Å². The molecule has 0 spiro atoms. The maximum Gasteiger partial charge on any atom is 0.156 e. The van der Waals surface area contributed by atoms with Gasteiger partial charge in [-0.05, 0) is 71.5 Å². The normalized spacial score (nSPS) is 12.7. The zero-order chi connectivity index (χ0) is 24.7. The minimum atomic E-state index is -3.42. The van der Waals surface area contributed by atoms with Gasteiger partial charge in [-0.2, -0.15) is 0 Å². The highest BCUT2D eigenvalue weighted by Gasteiger charge is 2.34. The van der Waals surface area contributed by atoms with Gasteiger partial charge in [0.25, 0.3) is 0 Å². The van der Waals surface area contributed by atoms with Gasteiger partial charge in [0.15, 0.2) is 19.7 Å². The van der Waals surface area contributed by atoms with E-state index in [4.69, 9.17) is 0 Å². The second-order valence-electron chi connectivity index (χ2n) is 9.19. The van der Waals surface area contributed by atoms with Gasteiger partial charge in [-0.25, -0.2) is 16.8 Å². The van der Waals surface area contributed by atoms with Crippen molar-refractivity contribution in [3.63, 3.8) is 0 Å². The third kappa shape index (κ3) is 4.76. The van der Waals surface area contributed by atoms with E-state index in [0.29, 0.717) is 11.1 Å². The van der Waals surface area contributed by atoms with Gasteiger partial charge in [0, 0.05) is 24.1 Å². The molecule has 34 heavy (non-hydrogen) atoms. The van der Waals surface area contributed by atoms with E-state index in [1.807, 2.05) is 72.8 Å². The van der Waals surface area contributed by atoms with Crippen LogP contribution in [-0.2, 0) is 30.2 Å². The zero-order valence-corrected chi connectivity index (χ0v) is 21.2. The van der Waals surface area contributed by atoms with E-state index >= 15 is 0 Å². The van der Waals surface area contributed by atoms with Crippen molar-refractivity contribution in [1.29, 1.82) is 0 Å². The Bertz CT molecular complexity index is 1610. The Morgan fingerprint density at radius 3 is 2.18 bits per heavy atom. The molecule has 3 aromatic carbocycles. The molecular weight excluding hydrogens is 466 g/mol. The molecule has 1 heterocycles. The summed E-state index contributed by atoms with van der Waals surface area (Å²) in [7, 11) is -6.61. The Morgan fingerprint density at radius 2 is 1.47 bits per heavy atom. The first-order valence-corrected chi connectivity index (χ1v) is 14.8. The zero-order valence-electron chi connectivity index (χ0n) is 19.6. The molecular formula is C27H27NO4S2. The van der Waals surface area contributed by atoms with E-state index in [9.17, 15) is 16.8 Å². The summed E-state index contributed by atoms with van der Waals surface area (Å²) in [5.74, 6) is -0.0399. The molecule has 0 atom stereocenters. The highest BCUT2D eigenvalue weighted by atomic mass is 32.2. The Hall–Kier alpha value is -3.03. The molecule has 0 radical (unpaired) electrons. The molecule has 1 aromatic heterocycles. The minimum absolute atomic E-state index is 0.0399. The van der Waals surface area contributed by atoms with Gasteiger partial charge in [0.05, 0.1) is 16.0 Å². The van der Waals surface area contributed by atoms with Crippen molar-refractivity contribution in [3.8, 4) is 22.3 Å². The predicted octanol–water partition coefficient (Wildman–Crippen LogP) is 5.39. The number of pyridine rings is 1. The smallest absolute Gasteiger partial charge is 0.156 e. The van der Waals surface area contributed by atoms with E-state index in [2.05, 4.69) is 4.98 Å². The summed E-state index contributed by atoms with van der Waals surface area (Å²) in [6, 6.07) is 23.0. The van der Waals surface area contributed by atoms with Crippen LogP contribution in [-0.4, -0.2) is 34.3 Å². The largest absolute Gasteiger partial charge is 0.256 e. The quantitative estimate of drug-likeness (QED) is 0.360. The molecule has 0 aliphatic carbocycles. The number of fused-ring (bicyclic) bond motifs is 1. The number of nitrogens with zero attached hydrogens (tertiary/aromatic N) is 1. The van der Waals surface area contributed by atoms with Crippen LogP contribution in [0.2, 0.25) is 0 Å². The lowest BCUT2D eigenvalue weighted by atomic mass is 9.91. The van der Waals surface area contributed by atoms with Crippen LogP contribution in [0.3, 0.4) is 0 Å². The minimum Gasteiger partial charge on any atom is -0.256 e. The summed E-state index contributed by atoms with van der Waals surface area (Å²) in [4.78, 5) is 4.49. The summed E-state index contributed by atoms with van der Waals surface area (Å²) in [6.45, 7) is 3.40. The van der Waals surface area contributed by atoms with E-state index in [-0.39, 0.29) is 5.75 Å². The molecule has 5 nitrogen and oxygen atoms in total. The fourth-order valence-corrected chi connectivity index (χ4v) is 5.47.